The number of ether oxygens (including phenoxy) is 1. The summed E-state index contributed by atoms with van der Waals surface area (Å²) in [5, 5.41) is 5.16. The van der Waals surface area contributed by atoms with E-state index in [2.05, 4.69) is 21.0 Å². The van der Waals surface area contributed by atoms with E-state index in [0.29, 0.717) is 17.3 Å². The Morgan fingerprint density at radius 1 is 1.16 bits per heavy atom. The molecular weight excluding hydrogens is 404 g/mol. The van der Waals surface area contributed by atoms with Crippen LogP contribution >= 0.6 is 27.5 Å². The number of halogens is 2. The molecule has 0 fully saturated rings. The van der Waals surface area contributed by atoms with E-state index in [-0.39, 0.29) is 0 Å². The minimum absolute atomic E-state index is 0.305. The SMILES string of the molecule is CCOC(=O)c1nn(-c2ccc(Cl)cc2)c(-c2ccc(Br)cc2)c1C. The second kappa shape index (κ2) is 7.42. The van der Waals surface area contributed by atoms with Gasteiger partial charge in [-0.2, -0.15) is 5.10 Å². The molecule has 1 aromatic heterocycles. The standard InChI is InChI=1S/C19H16BrClN2O2/c1-3-25-19(24)17-12(2)18(13-4-6-14(20)7-5-13)23(22-17)16-10-8-15(21)9-11-16/h4-11H,3H2,1-2H3. The van der Waals surface area contributed by atoms with E-state index >= 15 is 0 Å². The minimum Gasteiger partial charge on any atom is -0.461 e. The number of rotatable bonds is 4. The first-order chi connectivity index (χ1) is 12.0. The Morgan fingerprint density at radius 3 is 2.40 bits per heavy atom. The molecule has 0 saturated heterocycles. The molecule has 3 aromatic rings. The molecule has 0 spiro atoms. The topological polar surface area (TPSA) is 44.1 Å². The van der Waals surface area contributed by atoms with E-state index in [1.165, 1.54) is 0 Å². The third kappa shape index (κ3) is 3.62. The van der Waals surface area contributed by atoms with Crippen molar-refractivity contribution >= 4 is 33.5 Å². The van der Waals surface area contributed by atoms with Gasteiger partial charge in [-0.1, -0.05) is 39.7 Å². The van der Waals surface area contributed by atoms with E-state index in [1.807, 2.05) is 43.3 Å². The van der Waals surface area contributed by atoms with Crippen LogP contribution in [0.4, 0.5) is 0 Å². The van der Waals surface area contributed by atoms with Crippen molar-refractivity contribution in [2.24, 2.45) is 0 Å². The lowest BCUT2D eigenvalue weighted by Gasteiger charge is -2.09. The third-order valence-electron chi connectivity index (χ3n) is 3.78. The fraction of sp³-hybridized carbons (Fsp3) is 0.158. The number of esters is 1. The van der Waals surface area contributed by atoms with Crippen molar-refractivity contribution in [3.05, 3.63) is 69.3 Å². The fourth-order valence-corrected chi connectivity index (χ4v) is 3.00. The average molecular weight is 420 g/mol. The van der Waals surface area contributed by atoms with E-state index in [4.69, 9.17) is 16.3 Å². The van der Waals surface area contributed by atoms with Gasteiger partial charge in [-0.3, -0.25) is 0 Å². The summed E-state index contributed by atoms with van der Waals surface area (Å²) < 4.78 is 7.88. The van der Waals surface area contributed by atoms with E-state index < -0.39 is 5.97 Å². The van der Waals surface area contributed by atoms with Crippen LogP contribution in [0.1, 0.15) is 23.0 Å². The number of carbonyl (C=O) groups is 1. The van der Waals surface area contributed by atoms with Crippen LogP contribution in [0.3, 0.4) is 0 Å². The van der Waals surface area contributed by atoms with Crippen LogP contribution in [-0.2, 0) is 4.74 Å². The number of benzene rings is 2. The molecule has 1 heterocycles. The molecule has 2 aromatic carbocycles. The van der Waals surface area contributed by atoms with Gasteiger partial charge in [0.1, 0.15) is 0 Å². The second-order valence-corrected chi connectivity index (χ2v) is 6.79. The van der Waals surface area contributed by atoms with E-state index in [0.717, 1.165) is 27.0 Å². The molecule has 4 nitrogen and oxygen atoms in total. The Hall–Kier alpha value is -2.11. The van der Waals surface area contributed by atoms with Gasteiger partial charge in [-0.15, -0.1) is 0 Å². The predicted molar refractivity (Wildman–Crippen MR) is 102 cm³/mol. The van der Waals surface area contributed by atoms with Crippen LogP contribution < -0.4 is 0 Å². The molecule has 0 amide bonds. The van der Waals surface area contributed by atoms with Crippen molar-refractivity contribution < 1.29 is 9.53 Å². The smallest absolute Gasteiger partial charge is 0.359 e. The minimum atomic E-state index is -0.425. The van der Waals surface area contributed by atoms with Crippen LogP contribution in [0.5, 0.6) is 0 Å². The summed E-state index contributed by atoms with van der Waals surface area (Å²) in [6.45, 7) is 3.96. The summed E-state index contributed by atoms with van der Waals surface area (Å²) in [6.07, 6.45) is 0. The van der Waals surface area contributed by atoms with Crippen molar-refractivity contribution in [1.82, 2.24) is 9.78 Å². The molecule has 0 bridgehead atoms. The zero-order valence-corrected chi connectivity index (χ0v) is 16.1. The molecule has 0 unspecified atom stereocenters. The predicted octanol–water partition coefficient (Wildman–Crippen LogP) is 5.44. The molecule has 0 aliphatic rings. The summed E-state index contributed by atoms with van der Waals surface area (Å²) in [6, 6.07) is 15.2. The van der Waals surface area contributed by atoms with Gasteiger partial charge in [0.05, 0.1) is 18.0 Å². The van der Waals surface area contributed by atoms with Gasteiger partial charge >= 0.3 is 5.97 Å². The van der Waals surface area contributed by atoms with Crippen molar-refractivity contribution in [3.63, 3.8) is 0 Å². The Kier molecular flexibility index (Phi) is 5.25. The Balaban J connectivity index is 2.21. The van der Waals surface area contributed by atoms with Gasteiger partial charge in [0.15, 0.2) is 5.69 Å². The molecule has 0 aliphatic carbocycles. The molecule has 0 atom stereocenters. The van der Waals surface area contributed by atoms with Crippen LogP contribution in [-0.4, -0.2) is 22.4 Å². The summed E-state index contributed by atoms with van der Waals surface area (Å²) in [7, 11) is 0. The molecule has 6 heteroatoms. The lowest BCUT2D eigenvalue weighted by atomic mass is 10.1. The lowest BCUT2D eigenvalue weighted by Crippen LogP contribution is -2.07. The highest BCUT2D eigenvalue weighted by Crippen LogP contribution is 2.30. The van der Waals surface area contributed by atoms with E-state index in [9.17, 15) is 4.79 Å². The number of hydrogen-bond donors (Lipinski definition) is 0. The molecular formula is C19H16BrClN2O2. The quantitative estimate of drug-likeness (QED) is 0.529. The summed E-state index contributed by atoms with van der Waals surface area (Å²) in [5.74, 6) is -0.425. The molecule has 0 aliphatic heterocycles. The number of nitrogens with zero attached hydrogens (tertiary/aromatic N) is 2. The van der Waals surface area contributed by atoms with E-state index in [1.54, 1.807) is 23.7 Å². The van der Waals surface area contributed by atoms with Gasteiger partial charge in [-0.25, -0.2) is 9.48 Å². The van der Waals surface area contributed by atoms with Crippen LogP contribution in [0.15, 0.2) is 53.0 Å². The maximum absolute atomic E-state index is 12.3. The molecule has 128 valence electrons. The molecule has 0 radical (unpaired) electrons. The molecule has 0 N–H and O–H groups in total. The van der Waals surface area contributed by atoms with Crippen LogP contribution in [0.25, 0.3) is 16.9 Å². The number of carbonyl (C=O) groups excluding carboxylic acids is 1. The van der Waals surface area contributed by atoms with Gasteiger partial charge in [-0.05, 0) is 50.2 Å². The zero-order valence-electron chi connectivity index (χ0n) is 13.8. The highest BCUT2D eigenvalue weighted by molar-refractivity contribution is 9.10. The third-order valence-corrected chi connectivity index (χ3v) is 4.56. The lowest BCUT2D eigenvalue weighted by molar-refractivity contribution is 0.0518. The molecule has 25 heavy (non-hydrogen) atoms. The molecule has 0 saturated carbocycles. The van der Waals surface area contributed by atoms with Crippen LogP contribution in [0, 0.1) is 6.92 Å². The van der Waals surface area contributed by atoms with Crippen molar-refractivity contribution in [2.75, 3.05) is 6.61 Å². The summed E-state index contributed by atoms with van der Waals surface area (Å²) in [4.78, 5) is 12.3. The Bertz CT molecular complexity index is 902. The van der Waals surface area contributed by atoms with Crippen molar-refractivity contribution in [3.8, 4) is 16.9 Å². The Labute approximate surface area is 159 Å². The first kappa shape index (κ1) is 17.7. The Morgan fingerprint density at radius 2 is 1.80 bits per heavy atom. The van der Waals surface area contributed by atoms with Gasteiger partial charge in [0, 0.05) is 20.6 Å². The van der Waals surface area contributed by atoms with Gasteiger partial charge < -0.3 is 4.74 Å². The molecule has 3 rings (SSSR count). The maximum Gasteiger partial charge on any atom is 0.359 e. The highest BCUT2D eigenvalue weighted by atomic mass is 79.9. The summed E-state index contributed by atoms with van der Waals surface area (Å²) in [5.41, 5.74) is 3.71. The first-order valence-electron chi connectivity index (χ1n) is 7.80. The van der Waals surface area contributed by atoms with Crippen molar-refractivity contribution in [2.45, 2.75) is 13.8 Å². The average Bonchev–Trinajstić information content (AvgIpc) is 2.94. The first-order valence-corrected chi connectivity index (χ1v) is 8.97. The zero-order chi connectivity index (χ0) is 18.0. The van der Waals surface area contributed by atoms with Gasteiger partial charge in [0.25, 0.3) is 0 Å². The normalized spacial score (nSPS) is 10.7. The van der Waals surface area contributed by atoms with Crippen LogP contribution in [0.2, 0.25) is 5.02 Å². The monoisotopic (exact) mass is 418 g/mol. The maximum atomic E-state index is 12.3. The van der Waals surface area contributed by atoms with Crippen molar-refractivity contribution in [1.29, 1.82) is 0 Å². The number of aromatic nitrogens is 2. The fourth-order valence-electron chi connectivity index (χ4n) is 2.61. The van der Waals surface area contributed by atoms with Gasteiger partial charge in [0.2, 0.25) is 0 Å². The summed E-state index contributed by atoms with van der Waals surface area (Å²) >= 11 is 9.44. The largest absolute Gasteiger partial charge is 0.461 e. The number of hydrogen-bond acceptors (Lipinski definition) is 3. The second-order valence-electron chi connectivity index (χ2n) is 5.44. The highest BCUT2D eigenvalue weighted by Gasteiger charge is 2.22.